The minimum Gasteiger partial charge on any atom is -0.367 e. The minimum atomic E-state index is -4.29. The number of hydrogen-bond donors (Lipinski definition) is 1. The highest BCUT2D eigenvalue weighted by Gasteiger charge is 2.30. The average molecular weight is 282 g/mol. The number of alkyl halides is 3. The number of rotatable bonds is 4. The summed E-state index contributed by atoms with van der Waals surface area (Å²) < 4.78 is 36.5. The Balaban J connectivity index is 2.93. The second kappa shape index (κ2) is 5.51. The van der Waals surface area contributed by atoms with E-state index in [9.17, 15) is 18.0 Å². The summed E-state index contributed by atoms with van der Waals surface area (Å²) in [6.45, 7) is 2.87. The molecule has 0 saturated carbocycles. The fraction of sp³-hybridized carbons (Fsp3) is 0.500. The van der Waals surface area contributed by atoms with Crippen LogP contribution in [-0.2, 0) is 0 Å². The molecule has 0 aliphatic rings. The quantitative estimate of drug-likeness (QED) is 0.681. The van der Waals surface area contributed by atoms with Crippen LogP contribution in [0.2, 0.25) is 5.15 Å². The third-order valence-corrected chi connectivity index (χ3v) is 2.34. The van der Waals surface area contributed by atoms with Gasteiger partial charge < -0.3 is 5.32 Å². The van der Waals surface area contributed by atoms with Crippen LogP contribution in [0.4, 0.5) is 19.0 Å². The average Bonchev–Trinajstić information content (AvgIpc) is 2.13. The number of hydrogen-bond acceptors (Lipinski definition) is 4. The number of carbonyl (C=O) groups excluding carboxylic acids is 1. The number of carbonyl (C=O) groups is 1. The maximum atomic E-state index is 12.2. The van der Waals surface area contributed by atoms with Crippen molar-refractivity contribution in [1.82, 2.24) is 9.97 Å². The van der Waals surface area contributed by atoms with Gasteiger partial charge in [0.15, 0.2) is 6.29 Å². The van der Waals surface area contributed by atoms with E-state index >= 15 is 0 Å². The molecule has 0 bridgehead atoms. The second-order valence-electron chi connectivity index (χ2n) is 3.81. The van der Waals surface area contributed by atoms with E-state index in [1.807, 2.05) is 0 Å². The summed E-state index contributed by atoms with van der Waals surface area (Å²) in [5.74, 6) is 0.284. The van der Waals surface area contributed by atoms with Gasteiger partial charge in [-0.2, -0.15) is 13.2 Å². The molecule has 1 aromatic heterocycles. The molecular weight excluding hydrogens is 271 g/mol. The van der Waals surface area contributed by atoms with E-state index in [4.69, 9.17) is 11.6 Å². The zero-order valence-corrected chi connectivity index (χ0v) is 10.4. The van der Waals surface area contributed by atoms with Gasteiger partial charge in [0.2, 0.25) is 0 Å². The standard InChI is InChI=1S/C10H11ClF3N3O/c1-5(3-10(12,13)14)15-9-7(4-18)8(11)16-6(2)17-9/h4-5H,3H2,1-2H3,(H,15,16,17). The van der Waals surface area contributed by atoms with Crippen LogP contribution >= 0.6 is 11.6 Å². The lowest BCUT2D eigenvalue weighted by Crippen LogP contribution is -2.25. The zero-order chi connectivity index (χ0) is 13.9. The lowest BCUT2D eigenvalue weighted by Gasteiger charge is -2.17. The molecule has 1 heterocycles. The highest BCUT2D eigenvalue weighted by molar-refractivity contribution is 6.32. The van der Waals surface area contributed by atoms with Crippen LogP contribution in [0, 0.1) is 6.92 Å². The fourth-order valence-electron chi connectivity index (χ4n) is 1.39. The third-order valence-electron chi connectivity index (χ3n) is 2.05. The van der Waals surface area contributed by atoms with Crippen molar-refractivity contribution < 1.29 is 18.0 Å². The number of aryl methyl sites for hydroxylation is 1. The fourth-order valence-corrected chi connectivity index (χ4v) is 1.65. The van der Waals surface area contributed by atoms with Gasteiger partial charge in [0, 0.05) is 6.04 Å². The van der Waals surface area contributed by atoms with E-state index in [-0.39, 0.29) is 22.4 Å². The van der Waals surface area contributed by atoms with Gasteiger partial charge in [0.1, 0.15) is 16.8 Å². The van der Waals surface area contributed by atoms with Crippen molar-refractivity contribution in [2.45, 2.75) is 32.5 Å². The van der Waals surface area contributed by atoms with E-state index in [1.54, 1.807) is 0 Å². The maximum absolute atomic E-state index is 12.2. The van der Waals surface area contributed by atoms with Crippen molar-refractivity contribution in [2.75, 3.05) is 5.32 Å². The third kappa shape index (κ3) is 4.14. The van der Waals surface area contributed by atoms with Crippen LogP contribution in [0.1, 0.15) is 29.5 Å². The van der Waals surface area contributed by atoms with Gasteiger partial charge in [-0.25, -0.2) is 9.97 Å². The van der Waals surface area contributed by atoms with Crippen LogP contribution in [0.5, 0.6) is 0 Å². The largest absolute Gasteiger partial charge is 0.391 e. The van der Waals surface area contributed by atoms with Gasteiger partial charge in [-0.15, -0.1) is 0 Å². The Kier molecular flexibility index (Phi) is 4.50. The van der Waals surface area contributed by atoms with Gasteiger partial charge >= 0.3 is 6.18 Å². The van der Waals surface area contributed by atoms with E-state index in [0.717, 1.165) is 0 Å². The lowest BCUT2D eigenvalue weighted by molar-refractivity contribution is -0.136. The number of nitrogens with zero attached hydrogens (tertiary/aromatic N) is 2. The molecule has 18 heavy (non-hydrogen) atoms. The second-order valence-corrected chi connectivity index (χ2v) is 4.16. The highest BCUT2D eigenvalue weighted by Crippen LogP contribution is 2.25. The molecule has 1 aromatic rings. The Morgan fingerprint density at radius 2 is 2.06 bits per heavy atom. The summed E-state index contributed by atoms with van der Waals surface area (Å²) in [4.78, 5) is 18.4. The van der Waals surface area contributed by atoms with Gasteiger partial charge in [0.05, 0.1) is 12.0 Å². The first-order valence-electron chi connectivity index (χ1n) is 5.05. The number of aldehydes is 1. The molecule has 0 saturated heterocycles. The summed E-state index contributed by atoms with van der Waals surface area (Å²) in [5, 5.41) is 2.43. The molecular formula is C10H11ClF3N3O. The topological polar surface area (TPSA) is 54.9 Å². The van der Waals surface area contributed by atoms with E-state index in [1.165, 1.54) is 13.8 Å². The van der Waals surface area contributed by atoms with Crippen LogP contribution in [0.25, 0.3) is 0 Å². The molecule has 0 aromatic carbocycles. The molecule has 1 atom stereocenters. The van der Waals surface area contributed by atoms with Crippen LogP contribution in [0.3, 0.4) is 0 Å². The molecule has 0 aliphatic heterocycles. The first-order valence-corrected chi connectivity index (χ1v) is 5.43. The van der Waals surface area contributed by atoms with Gasteiger partial charge in [-0.1, -0.05) is 11.6 Å². The SMILES string of the molecule is Cc1nc(Cl)c(C=O)c(NC(C)CC(F)(F)F)n1. The number of aromatic nitrogens is 2. The molecule has 0 fully saturated rings. The lowest BCUT2D eigenvalue weighted by atomic mass is 10.2. The van der Waals surface area contributed by atoms with Crippen LogP contribution in [-0.4, -0.2) is 28.5 Å². The summed E-state index contributed by atoms with van der Waals surface area (Å²) >= 11 is 5.71. The Hall–Kier alpha value is -1.37. The first kappa shape index (κ1) is 14.7. The Labute approximate surface area is 107 Å². The number of anilines is 1. The molecule has 1 unspecified atom stereocenters. The van der Waals surface area contributed by atoms with Gasteiger partial charge in [0.25, 0.3) is 0 Å². The predicted molar refractivity (Wildman–Crippen MR) is 60.9 cm³/mol. The van der Waals surface area contributed by atoms with Crippen LogP contribution < -0.4 is 5.32 Å². The van der Waals surface area contributed by atoms with Gasteiger partial charge in [-0.3, -0.25) is 4.79 Å². The van der Waals surface area contributed by atoms with Crippen molar-refractivity contribution in [3.63, 3.8) is 0 Å². The zero-order valence-electron chi connectivity index (χ0n) is 9.68. The van der Waals surface area contributed by atoms with Crippen molar-refractivity contribution in [3.05, 3.63) is 16.5 Å². The molecule has 1 N–H and O–H groups in total. The monoisotopic (exact) mass is 281 g/mol. The normalized spacial score (nSPS) is 13.2. The molecule has 0 spiro atoms. The first-order chi connectivity index (χ1) is 8.23. The molecule has 100 valence electrons. The van der Waals surface area contributed by atoms with Crippen molar-refractivity contribution in [2.24, 2.45) is 0 Å². The Bertz CT molecular complexity index is 451. The van der Waals surface area contributed by atoms with Crippen molar-refractivity contribution >= 4 is 23.7 Å². The smallest absolute Gasteiger partial charge is 0.367 e. The minimum absolute atomic E-state index is 0.0132. The summed E-state index contributed by atoms with van der Waals surface area (Å²) in [7, 11) is 0. The van der Waals surface area contributed by atoms with Gasteiger partial charge in [-0.05, 0) is 13.8 Å². The van der Waals surface area contributed by atoms with E-state index in [0.29, 0.717) is 6.29 Å². The summed E-state index contributed by atoms with van der Waals surface area (Å²) in [5.41, 5.74) is -0.0451. The molecule has 8 heteroatoms. The maximum Gasteiger partial charge on any atom is 0.391 e. The molecule has 0 amide bonds. The van der Waals surface area contributed by atoms with Crippen molar-refractivity contribution in [3.8, 4) is 0 Å². The van der Waals surface area contributed by atoms with E-state index < -0.39 is 18.6 Å². The molecule has 1 rings (SSSR count). The van der Waals surface area contributed by atoms with Crippen LogP contribution in [0.15, 0.2) is 0 Å². The summed E-state index contributed by atoms with van der Waals surface area (Å²) in [6.07, 6.45) is -4.92. The van der Waals surface area contributed by atoms with Crippen molar-refractivity contribution in [1.29, 1.82) is 0 Å². The predicted octanol–water partition coefficient (Wildman–Crippen LogP) is 3.00. The Morgan fingerprint density at radius 3 is 2.56 bits per heavy atom. The molecule has 0 aliphatic carbocycles. The summed E-state index contributed by atoms with van der Waals surface area (Å²) in [6, 6.07) is -0.922. The molecule has 0 radical (unpaired) electrons. The Morgan fingerprint density at radius 1 is 1.44 bits per heavy atom. The highest BCUT2D eigenvalue weighted by atomic mass is 35.5. The number of halogens is 4. The molecule has 4 nitrogen and oxygen atoms in total. The number of nitrogens with one attached hydrogen (secondary N) is 1. The van der Waals surface area contributed by atoms with E-state index in [2.05, 4.69) is 15.3 Å².